The van der Waals surface area contributed by atoms with E-state index in [1.54, 1.807) is 0 Å². The van der Waals surface area contributed by atoms with E-state index in [1.807, 2.05) is 13.0 Å². The van der Waals surface area contributed by atoms with Gasteiger partial charge in [0.25, 0.3) is 0 Å². The minimum Gasteiger partial charge on any atom is -0.465 e. The predicted molar refractivity (Wildman–Crippen MR) is 64.3 cm³/mol. The summed E-state index contributed by atoms with van der Waals surface area (Å²) < 4.78 is 5.95. The summed E-state index contributed by atoms with van der Waals surface area (Å²) in [6.07, 6.45) is 0.596. The number of ether oxygens (including phenoxy) is 1. The number of rotatable bonds is 0. The van der Waals surface area contributed by atoms with Gasteiger partial charge in [-0.1, -0.05) is 6.07 Å². The second-order valence-electron chi connectivity index (χ2n) is 5.00. The Hall–Kier alpha value is -1.62. The van der Waals surface area contributed by atoms with Gasteiger partial charge in [-0.3, -0.25) is 4.98 Å². The van der Waals surface area contributed by atoms with E-state index in [9.17, 15) is 4.79 Å². The van der Waals surface area contributed by atoms with Gasteiger partial charge in [-0.25, -0.2) is 4.79 Å². The number of carboxylic acid groups (broad SMARTS) is 1. The van der Waals surface area contributed by atoms with Crippen LogP contribution in [0.4, 0.5) is 4.79 Å². The Kier molecular flexibility index (Phi) is 2.52. The van der Waals surface area contributed by atoms with Crippen molar-refractivity contribution in [2.45, 2.75) is 32.0 Å². The average Bonchev–Trinajstić information content (AvgIpc) is 2.68. The zero-order valence-corrected chi connectivity index (χ0v) is 10.3. The van der Waals surface area contributed by atoms with E-state index < -0.39 is 6.09 Å². The third-order valence-corrected chi connectivity index (χ3v) is 3.93. The number of carbonyl (C=O) groups is 1. The monoisotopic (exact) mass is 248 g/mol. The molecule has 1 aromatic rings. The molecule has 0 atom stereocenters. The number of piperidine rings is 1. The molecule has 2 aliphatic heterocycles. The van der Waals surface area contributed by atoms with Gasteiger partial charge in [0.15, 0.2) is 0 Å². The highest BCUT2D eigenvalue weighted by molar-refractivity contribution is 5.65. The third-order valence-electron chi connectivity index (χ3n) is 3.93. The van der Waals surface area contributed by atoms with Crippen molar-refractivity contribution in [3.63, 3.8) is 0 Å². The summed E-state index contributed by atoms with van der Waals surface area (Å²) in [5, 5.41) is 8.97. The predicted octanol–water partition coefficient (Wildman–Crippen LogP) is 1.89. The molecule has 1 saturated heterocycles. The molecule has 3 heterocycles. The second-order valence-corrected chi connectivity index (χ2v) is 5.00. The number of aryl methyl sites for hydroxylation is 1. The van der Waals surface area contributed by atoms with Crippen LogP contribution in [0.1, 0.15) is 29.8 Å². The van der Waals surface area contributed by atoms with Gasteiger partial charge in [0.1, 0.15) is 0 Å². The van der Waals surface area contributed by atoms with Crippen LogP contribution < -0.4 is 0 Å². The largest absolute Gasteiger partial charge is 0.465 e. The molecule has 0 aliphatic carbocycles. The molecule has 0 saturated carbocycles. The van der Waals surface area contributed by atoms with E-state index >= 15 is 0 Å². The highest BCUT2D eigenvalue weighted by Crippen LogP contribution is 2.43. The first-order chi connectivity index (χ1) is 8.61. The Morgan fingerprint density at radius 1 is 1.44 bits per heavy atom. The number of nitrogens with zero attached hydrogens (tertiary/aromatic N) is 2. The summed E-state index contributed by atoms with van der Waals surface area (Å²) in [6.45, 7) is 3.58. The van der Waals surface area contributed by atoms with Crippen LogP contribution in [0, 0.1) is 6.92 Å². The molecule has 3 rings (SSSR count). The van der Waals surface area contributed by atoms with Crippen molar-refractivity contribution in [3.05, 3.63) is 29.1 Å². The Morgan fingerprint density at radius 3 is 2.83 bits per heavy atom. The van der Waals surface area contributed by atoms with Crippen LogP contribution in [-0.2, 0) is 16.9 Å². The fraction of sp³-hybridized carbons (Fsp3) is 0.538. The Balaban J connectivity index is 1.86. The SMILES string of the molecule is Cc1ccc2c(n1)COC21CCN(C(=O)O)CC1. The molecule has 0 bridgehead atoms. The quantitative estimate of drug-likeness (QED) is 0.761. The number of pyridine rings is 1. The summed E-state index contributed by atoms with van der Waals surface area (Å²) in [5.41, 5.74) is 2.86. The summed E-state index contributed by atoms with van der Waals surface area (Å²) in [4.78, 5) is 16.9. The number of fused-ring (bicyclic) bond motifs is 2. The molecule has 1 amide bonds. The minimum absolute atomic E-state index is 0.304. The molecule has 1 spiro atoms. The molecule has 96 valence electrons. The van der Waals surface area contributed by atoms with E-state index in [2.05, 4.69) is 11.1 Å². The van der Waals surface area contributed by atoms with Crippen LogP contribution in [0.25, 0.3) is 0 Å². The van der Waals surface area contributed by atoms with Gasteiger partial charge in [0.2, 0.25) is 0 Å². The van der Waals surface area contributed by atoms with Crippen LogP contribution in [0.2, 0.25) is 0 Å². The number of likely N-dealkylation sites (tertiary alicyclic amines) is 1. The lowest BCUT2D eigenvalue weighted by atomic mass is 9.85. The Bertz CT molecular complexity index is 493. The molecule has 2 aliphatic rings. The molecule has 5 heteroatoms. The van der Waals surface area contributed by atoms with Gasteiger partial charge in [-0.05, 0) is 25.8 Å². The van der Waals surface area contributed by atoms with Crippen molar-refractivity contribution in [1.29, 1.82) is 0 Å². The number of aromatic nitrogens is 1. The van der Waals surface area contributed by atoms with Gasteiger partial charge >= 0.3 is 6.09 Å². The maximum absolute atomic E-state index is 10.9. The lowest BCUT2D eigenvalue weighted by Gasteiger charge is -2.37. The van der Waals surface area contributed by atoms with E-state index in [0.717, 1.165) is 29.8 Å². The minimum atomic E-state index is -0.842. The molecule has 1 aromatic heterocycles. The molecule has 18 heavy (non-hydrogen) atoms. The van der Waals surface area contributed by atoms with Crippen LogP contribution in [0.3, 0.4) is 0 Å². The summed E-state index contributed by atoms with van der Waals surface area (Å²) in [6, 6.07) is 4.08. The van der Waals surface area contributed by atoms with Crippen molar-refractivity contribution in [3.8, 4) is 0 Å². The first-order valence-corrected chi connectivity index (χ1v) is 6.20. The molecule has 0 aromatic carbocycles. The van der Waals surface area contributed by atoms with Crippen LogP contribution >= 0.6 is 0 Å². The maximum atomic E-state index is 10.9. The Morgan fingerprint density at radius 2 is 2.17 bits per heavy atom. The van der Waals surface area contributed by atoms with E-state index in [1.165, 1.54) is 4.90 Å². The molecule has 0 unspecified atom stereocenters. The van der Waals surface area contributed by atoms with E-state index in [-0.39, 0.29) is 5.60 Å². The summed E-state index contributed by atoms with van der Waals surface area (Å²) >= 11 is 0. The third kappa shape index (κ3) is 1.66. The zero-order valence-electron chi connectivity index (χ0n) is 10.3. The van der Waals surface area contributed by atoms with Crippen molar-refractivity contribution in [1.82, 2.24) is 9.88 Å². The van der Waals surface area contributed by atoms with Crippen LogP contribution in [0.15, 0.2) is 12.1 Å². The van der Waals surface area contributed by atoms with E-state index in [0.29, 0.717) is 19.7 Å². The van der Waals surface area contributed by atoms with Gasteiger partial charge in [-0.15, -0.1) is 0 Å². The smallest absolute Gasteiger partial charge is 0.407 e. The highest BCUT2D eigenvalue weighted by Gasteiger charge is 2.43. The highest BCUT2D eigenvalue weighted by atomic mass is 16.5. The second kappa shape index (κ2) is 3.95. The molecular formula is C13H16N2O3. The van der Waals surface area contributed by atoms with Crippen LogP contribution in [-0.4, -0.2) is 34.2 Å². The molecule has 5 nitrogen and oxygen atoms in total. The fourth-order valence-corrected chi connectivity index (χ4v) is 2.89. The normalized spacial score (nSPS) is 21.1. The number of hydrogen-bond acceptors (Lipinski definition) is 3. The van der Waals surface area contributed by atoms with Crippen molar-refractivity contribution in [2.75, 3.05) is 13.1 Å². The lowest BCUT2D eigenvalue weighted by molar-refractivity contribution is -0.0752. The topological polar surface area (TPSA) is 62.7 Å². The van der Waals surface area contributed by atoms with Crippen molar-refractivity contribution in [2.24, 2.45) is 0 Å². The fourth-order valence-electron chi connectivity index (χ4n) is 2.89. The Labute approximate surface area is 105 Å². The van der Waals surface area contributed by atoms with Crippen molar-refractivity contribution >= 4 is 6.09 Å². The van der Waals surface area contributed by atoms with Crippen molar-refractivity contribution < 1.29 is 14.6 Å². The number of amides is 1. The summed E-state index contributed by atoms with van der Waals surface area (Å²) in [7, 11) is 0. The molecule has 1 N–H and O–H groups in total. The zero-order chi connectivity index (χ0) is 12.8. The molecule has 0 radical (unpaired) electrons. The number of hydrogen-bond donors (Lipinski definition) is 1. The lowest BCUT2D eigenvalue weighted by Crippen LogP contribution is -2.44. The van der Waals surface area contributed by atoms with Gasteiger partial charge in [-0.2, -0.15) is 0 Å². The maximum Gasteiger partial charge on any atom is 0.407 e. The van der Waals surface area contributed by atoms with Crippen LogP contribution in [0.5, 0.6) is 0 Å². The standard InChI is InChI=1S/C13H16N2O3/c1-9-2-3-10-11(14-9)8-18-13(10)4-6-15(7-5-13)12(16)17/h2-3H,4-8H2,1H3,(H,16,17). The molecular weight excluding hydrogens is 232 g/mol. The van der Waals surface area contributed by atoms with Gasteiger partial charge in [0.05, 0.1) is 17.9 Å². The molecule has 1 fully saturated rings. The summed E-state index contributed by atoms with van der Waals surface area (Å²) in [5.74, 6) is 0. The first kappa shape index (κ1) is 11.5. The van der Waals surface area contributed by atoms with Gasteiger partial charge in [0, 0.05) is 24.3 Å². The average molecular weight is 248 g/mol. The van der Waals surface area contributed by atoms with Gasteiger partial charge < -0.3 is 14.7 Å². The van der Waals surface area contributed by atoms with E-state index in [4.69, 9.17) is 9.84 Å². The first-order valence-electron chi connectivity index (χ1n) is 6.20.